The lowest BCUT2D eigenvalue weighted by atomic mass is 9.94. The van der Waals surface area contributed by atoms with E-state index in [2.05, 4.69) is 5.32 Å². The molecule has 1 saturated heterocycles. The number of primary amides is 1. The zero-order valence-corrected chi connectivity index (χ0v) is 15.3. The van der Waals surface area contributed by atoms with Gasteiger partial charge in [0.25, 0.3) is 5.91 Å². The largest absolute Gasteiger partial charge is 0.369 e. The van der Waals surface area contributed by atoms with Crippen molar-refractivity contribution < 1.29 is 14.4 Å². The summed E-state index contributed by atoms with van der Waals surface area (Å²) in [6.07, 6.45) is 1.12. The molecule has 1 unspecified atom stereocenters. The molecule has 1 aliphatic heterocycles. The van der Waals surface area contributed by atoms with Crippen LogP contribution in [0.25, 0.3) is 0 Å². The molecule has 0 aromatic heterocycles. The Morgan fingerprint density at radius 2 is 1.80 bits per heavy atom. The van der Waals surface area contributed by atoms with Crippen molar-refractivity contribution in [3.63, 3.8) is 0 Å². The molecule has 0 aliphatic carbocycles. The number of rotatable bonds is 5. The molecule has 3 N–H and O–H groups in total. The van der Waals surface area contributed by atoms with E-state index in [1.807, 2.05) is 13.8 Å². The predicted octanol–water partition coefficient (Wildman–Crippen LogP) is 1.82. The minimum Gasteiger partial charge on any atom is -0.369 e. The molecule has 0 saturated carbocycles. The lowest BCUT2D eigenvalue weighted by molar-refractivity contribution is -0.137. The minimum atomic E-state index is -0.645. The maximum atomic E-state index is 12.8. The third kappa shape index (κ3) is 4.72. The Morgan fingerprint density at radius 3 is 2.32 bits per heavy atom. The van der Waals surface area contributed by atoms with E-state index in [0.29, 0.717) is 36.5 Å². The van der Waals surface area contributed by atoms with Gasteiger partial charge < -0.3 is 16.0 Å². The number of likely N-dealkylation sites (tertiary alicyclic amines) is 1. The van der Waals surface area contributed by atoms with Crippen molar-refractivity contribution in [2.45, 2.75) is 32.7 Å². The van der Waals surface area contributed by atoms with Crippen LogP contribution in [0.15, 0.2) is 24.3 Å². The monoisotopic (exact) mass is 365 g/mol. The van der Waals surface area contributed by atoms with Gasteiger partial charge in [0.1, 0.15) is 6.04 Å². The summed E-state index contributed by atoms with van der Waals surface area (Å²) < 4.78 is 0. The van der Waals surface area contributed by atoms with Crippen molar-refractivity contribution in [3.8, 4) is 0 Å². The fourth-order valence-corrected chi connectivity index (χ4v) is 3.18. The van der Waals surface area contributed by atoms with Gasteiger partial charge in [-0.05, 0) is 30.9 Å². The summed E-state index contributed by atoms with van der Waals surface area (Å²) >= 11 is 6.06. The summed E-state index contributed by atoms with van der Waals surface area (Å²) in [6.45, 7) is 4.70. The van der Waals surface area contributed by atoms with E-state index in [1.54, 1.807) is 29.2 Å². The minimum absolute atomic E-state index is 0.0761. The van der Waals surface area contributed by atoms with E-state index >= 15 is 0 Å². The van der Waals surface area contributed by atoms with E-state index < -0.39 is 6.04 Å². The highest BCUT2D eigenvalue weighted by Crippen LogP contribution is 2.20. The highest BCUT2D eigenvalue weighted by atomic mass is 35.5. The van der Waals surface area contributed by atoms with Crippen LogP contribution < -0.4 is 11.1 Å². The topological polar surface area (TPSA) is 92.5 Å². The highest BCUT2D eigenvalue weighted by molar-refractivity contribution is 6.33. The van der Waals surface area contributed by atoms with Gasteiger partial charge in [-0.1, -0.05) is 37.6 Å². The van der Waals surface area contributed by atoms with Gasteiger partial charge in [0.15, 0.2) is 0 Å². The van der Waals surface area contributed by atoms with Crippen LogP contribution in [0.5, 0.6) is 0 Å². The number of carbonyl (C=O) groups is 3. The number of carbonyl (C=O) groups excluding carboxylic acids is 3. The molecule has 2 rings (SSSR count). The van der Waals surface area contributed by atoms with Crippen molar-refractivity contribution in [2.75, 3.05) is 13.1 Å². The van der Waals surface area contributed by atoms with Gasteiger partial charge >= 0.3 is 0 Å². The Labute approximate surface area is 152 Å². The standard InChI is InChI=1S/C18H24ClN3O3/c1-11(2)15(21-17(24)13-5-3-4-6-14(13)19)18(25)22-9-7-12(8-10-22)16(20)23/h3-6,11-12,15H,7-10H2,1-2H3,(H2,20,23)(H,21,24). The number of nitrogens with two attached hydrogens (primary N) is 1. The molecule has 1 aromatic rings. The van der Waals surface area contributed by atoms with E-state index in [9.17, 15) is 14.4 Å². The first-order valence-corrected chi connectivity index (χ1v) is 8.82. The van der Waals surface area contributed by atoms with E-state index in [0.717, 1.165) is 0 Å². The SMILES string of the molecule is CC(C)C(NC(=O)c1ccccc1Cl)C(=O)N1CCC(C(N)=O)CC1. The first-order valence-electron chi connectivity index (χ1n) is 8.44. The summed E-state index contributed by atoms with van der Waals surface area (Å²) in [5, 5.41) is 3.14. The number of amides is 3. The van der Waals surface area contributed by atoms with Crippen molar-refractivity contribution in [1.29, 1.82) is 0 Å². The maximum absolute atomic E-state index is 12.8. The average Bonchev–Trinajstić information content (AvgIpc) is 2.59. The molecule has 0 radical (unpaired) electrons. The molecule has 0 bridgehead atoms. The third-order valence-electron chi connectivity index (χ3n) is 4.55. The number of nitrogens with zero attached hydrogens (tertiary/aromatic N) is 1. The third-order valence-corrected chi connectivity index (χ3v) is 4.88. The smallest absolute Gasteiger partial charge is 0.253 e. The molecule has 1 fully saturated rings. The molecule has 1 atom stereocenters. The highest BCUT2D eigenvalue weighted by Gasteiger charge is 2.32. The molecule has 3 amide bonds. The van der Waals surface area contributed by atoms with Gasteiger partial charge in [0.2, 0.25) is 11.8 Å². The van der Waals surface area contributed by atoms with Crippen molar-refractivity contribution in [2.24, 2.45) is 17.6 Å². The second-order valence-electron chi connectivity index (χ2n) is 6.68. The zero-order chi connectivity index (χ0) is 18.6. The summed E-state index contributed by atoms with van der Waals surface area (Å²) in [6, 6.07) is 6.08. The molecule has 7 heteroatoms. The molecule has 136 valence electrons. The molecular weight excluding hydrogens is 342 g/mol. The van der Waals surface area contributed by atoms with Crippen LogP contribution in [0.1, 0.15) is 37.0 Å². The van der Waals surface area contributed by atoms with Gasteiger partial charge in [-0.15, -0.1) is 0 Å². The molecule has 0 spiro atoms. The second-order valence-corrected chi connectivity index (χ2v) is 7.08. The lowest BCUT2D eigenvalue weighted by Crippen LogP contribution is -2.53. The lowest BCUT2D eigenvalue weighted by Gasteiger charge is -2.34. The molecule has 25 heavy (non-hydrogen) atoms. The number of piperidine rings is 1. The quantitative estimate of drug-likeness (QED) is 0.833. The van der Waals surface area contributed by atoms with E-state index in [-0.39, 0.29) is 29.6 Å². The van der Waals surface area contributed by atoms with Crippen LogP contribution in [0.2, 0.25) is 5.02 Å². The second kappa shape index (κ2) is 8.34. The predicted molar refractivity (Wildman–Crippen MR) is 96.0 cm³/mol. The molecular formula is C18H24ClN3O3. The van der Waals surface area contributed by atoms with Crippen LogP contribution >= 0.6 is 11.6 Å². The van der Waals surface area contributed by atoms with Crippen LogP contribution in [-0.2, 0) is 9.59 Å². The molecule has 1 aromatic carbocycles. The summed E-state index contributed by atoms with van der Waals surface area (Å²) in [5.41, 5.74) is 5.67. The number of hydrogen-bond acceptors (Lipinski definition) is 3. The van der Waals surface area contributed by atoms with Gasteiger partial charge in [0.05, 0.1) is 10.6 Å². The molecule has 1 aliphatic rings. The molecule has 6 nitrogen and oxygen atoms in total. The summed E-state index contributed by atoms with van der Waals surface area (Å²) in [4.78, 5) is 38.3. The average molecular weight is 366 g/mol. The van der Waals surface area contributed by atoms with Gasteiger partial charge in [-0.25, -0.2) is 0 Å². The molecule has 1 heterocycles. The van der Waals surface area contributed by atoms with Crippen molar-refractivity contribution in [1.82, 2.24) is 10.2 Å². The first-order chi connectivity index (χ1) is 11.8. The fraction of sp³-hybridized carbons (Fsp3) is 0.500. The Hall–Kier alpha value is -2.08. The first kappa shape index (κ1) is 19.2. The Balaban J connectivity index is 2.05. The maximum Gasteiger partial charge on any atom is 0.253 e. The Kier molecular flexibility index (Phi) is 6.42. The summed E-state index contributed by atoms with van der Waals surface area (Å²) in [5.74, 6) is -1.09. The van der Waals surface area contributed by atoms with Gasteiger partial charge in [-0.2, -0.15) is 0 Å². The van der Waals surface area contributed by atoms with E-state index in [1.165, 1.54) is 0 Å². The normalized spacial score (nSPS) is 16.6. The summed E-state index contributed by atoms with van der Waals surface area (Å²) in [7, 11) is 0. The van der Waals surface area contributed by atoms with Gasteiger partial charge in [0, 0.05) is 19.0 Å². The Bertz CT molecular complexity index is 655. The number of halogens is 1. The zero-order valence-electron chi connectivity index (χ0n) is 14.5. The van der Waals surface area contributed by atoms with Crippen LogP contribution in [-0.4, -0.2) is 41.8 Å². The van der Waals surface area contributed by atoms with Gasteiger partial charge in [-0.3, -0.25) is 14.4 Å². The van der Waals surface area contributed by atoms with Crippen molar-refractivity contribution >= 4 is 29.3 Å². The van der Waals surface area contributed by atoms with E-state index in [4.69, 9.17) is 17.3 Å². The number of nitrogens with one attached hydrogen (secondary N) is 1. The van der Waals surface area contributed by atoms with Crippen molar-refractivity contribution in [3.05, 3.63) is 34.9 Å². The van der Waals surface area contributed by atoms with Crippen LogP contribution in [0.4, 0.5) is 0 Å². The van der Waals surface area contributed by atoms with Crippen LogP contribution in [0.3, 0.4) is 0 Å². The number of benzene rings is 1. The Morgan fingerprint density at radius 1 is 1.20 bits per heavy atom. The fourth-order valence-electron chi connectivity index (χ4n) is 2.96. The number of hydrogen-bond donors (Lipinski definition) is 2. The van der Waals surface area contributed by atoms with Crippen LogP contribution in [0, 0.1) is 11.8 Å².